The number of fused-ring (bicyclic) bond motifs is 1. The van der Waals surface area contributed by atoms with Gasteiger partial charge in [0.1, 0.15) is 6.61 Å². The second-order valence-corrected chi connectivity index (χ2v) is 9.59. The van der Waals surface area contributed by atoms with Crippen molar-refractivity contribution in [2.24, 2.45) is 0 Å². The standard InChI is InChI=1S/C24H27N9O2/c1-24(2)8-5-17(35-24)14-34-23-29-20(16(12-25)13-26)28-22(30-23)33-10-6-15(7-11-33)19-18-4-3-9-27-21(18)32-31-19/h3-4,9,15-17H,5-8,10-11,14H2,1-2H3,(H,27,31,32)/t17-/m1/s1. The molecule has 3 aromatic rings. The van der Waals surface area contributed by atoms with Crippen LogP contribution in [0.3, 0.4) is 0 Å². The first-order valence-electron chi connectivity index (χ1n) is 11.9. The molecule has 35 heavy (non-hydrogen) atoms. The van der Waals surface area contributed by atoms with Crippen LogP contribution in [0.15, 0.2) is 18.3 Å². The van der Waals surface area contributed by atoms with Gasteiger partial charge in [0.05, 0.1) is 29.5 Å². The van der Waals surface area contributed by atoms with Crippen LogP contribution in [0.5, 0.6) is 6.01 Å². The van der Waals surface area contributed by atoms with Crippen molar-refractivity contribution in [3.63, 3.8) is 0 Å². The molecular weight excluding hydrogens is 446 g/mol. The van der Waals surface area contributed by atoms with Gasteiger partial charge in [0.2, 0.25) is 5.95 Å². The molecule has 1 atom stereocenters. The van der Waals surface area contributed by atoms with Crippen molar-refractivity contribution in [1.82, 2.24) is 30.1 Å². The molecule has 11 heteroatoms. The van der Waals surface area contributed by atoms with Gasteiger partial charge in [-0.1, -0.05) is 0 Å². The molecule has 0 aromatic carbocycles. The first-order valence-corrected chi connectivity index (χ1v) is 11.9. The van der Waals surface area contributed by atoms with Crippen molar-refractivity contribution in [3.05, 3.63) is 29.8 Å². The number of hydrogen-bond acceptors (Lipinski definition) is 10. The predicted molar refractivity (Wildman–Crippen MR) is 126 cm³/mol. The number of nitrogens with one attached hydrogen (secondary N) is 1. The average molecular weight is 474 g/mol. The number of H-pyrrole nitrogens is 1. The Kier molecular flexibility index (Phi) is 6.18. The Balaban J connectivity index is 1.32. The van der Waals surface area contributed by atoms with Crippen LogP contribution in [-0.2, 0) is 4.74 Å². The number of piperidine rings is 1. The van der Waals surface area contributed by atoms with Gasteiger partial charge in [-0.3, -0.25) is 5.10 Å². The number of rotatable bonds is 6. The highest BCUT2D eigenvalue weighted by atomic mass is 16.6. The molecule has 0 amide bonds. The van der Waals surface area contributed by atoms with Gasteiger partial charge in [-0.2, -0.15) is 30.6 Å². The third-order valence-electron chi connectivity index (χ3n) is 6.62. The maximum atomic E-state index is 9.40. The van der Waals surface area contributed by atoms with Crippen molar-refractivity contribution in [2.75, 3.05) is 24.6 Å². The minimum atomic E-state index is -1.10. The summed E-state index contributed by atoms with van der Waals surface area (Å²) in [4.78, 5) is 19.6. The molecule has 0 bridgehead atoms. The van der Waals surface area contributed by atoms with Crippen LogP contribution in [-0.4, -0.2) is 61.5 Å². The fraction of sp³-hybridized carbons (Fsp3) is 0.542. The summed E-state index contributed by atoms with van der Waals surface area (Å²) in [6.45, 7) is 5.82. The summed E-state index contributed by atoms with van der Waals surface area (Å²) < 4.78 is 11.9. The zero-order chi connectivity index (χ0) is 24.4. The van der Waals surface area contributed by atoms with Gasteiger partial charge in [-0.15, -0.1) is 0 Å². The first kappa shape index (κ1) is 22.9. The molecule has 2 aliphatic heterocycles. The molecule has 0 radical (unpaired) electrons. The number of aromatic nitrogens is 6. The van der Waals surface area contributed by atoms with E-state index in [-0.39, 0.29) is 29.5 Å². The maximum Gasteiger partial charge on any atom is 0.321 e. The molecule has 3 aromatic heterocycles. The van der Waals surface area contributed by atoms with Crippen LogP contribution in [0.2, 0.25) is 0 Å². The van der Waals surface area contributed by atoms with E-state index in [4.69, 9.17) is 9.47 Å². The highest BCUT2D eigenvalue weighted by Gasteiger charge is 2.32. The van der Waals surface area contributed by atoms with Crippen molar-refractivity contribution in [3.8, 4) is 18.1 Å². The summed E-state index contributed by atoms with van der Waals surface area (Å²) in [6.07, 6.45) is 5.26. The number of hydrogen-bond donors (Lipinski definition) is 1. The van der Waals surface area contributed by atoms with Gasteiger partial charge in [-0.05, 0) is 51.7 Å². The summed E-state index contributed by atoms with van der Waals surface area (Å²) in [6, 6.07) is 7.96. The largest absolute Gasteiger partial charge is 0.461 e. The summed E-state index contributed by atoms with van der Waals surface area (Å²) in [5.74, 6) is -0.286. The topological polar surface area (TPSA) is 150 Å². The molecule has 11 nitrogen and oxygen atoms in total. The molecule has 0 unspecified atom stereocenters. The Morgan fingerprint density at radius 3 is 2.71 bits per heavy atom. The summed E-state index contributed by atoms with van der Waals surface area (Å²) in [5.41, 5.74) is 1.65. The lowest BCUT2D eigenvalue weighted by molar-refractivity contribution is -0.0339. The Hall–Kier alpha value is -3.83. The van der Waals surface area contributed by atoms with E-state index in [1.54, 1.807) is 6.20 Å². The second kappa shape index (κ2) is 9.43. The van der Waals surface area contributed by atoms with Crippen LogP contribution in [0.4, 0.5) is 5.95 Å². The Morgan fingerprint density at radius 1 is 1.20 bits per heavy atom. The Bertz CT molecular complexity index is 1270. The van der Waals surface area contributed by atoms with E-state index in [0.717, 1.165) is 42.4 Å². The van der Waals surface area contributed by atoms with E-state index in [1.807, 2.05) is 29.2 Å². The third kappa shape index (κ3) is 4.86. The SMILES string of the molecule is CC1(C)CC[C@H](COc2nc(C(C#N)C#N)nc(N3CCC(c4n[nH]c5ncccc45)CC3)n2)O1. The molecule has 0 saturated carbocycles. The van der Waals surface area contributed by atoms with E-state index in [0.29, 0.717) is 25.6 Å². The van der Waals surface area contributed by atoms with Gasteiger partial charge in [-0.25, -0.2) is 4.98 Å². The minimum Gasteiger partial charge on any atom is -0.461 e. The summed E-state index contributed by atoms with van der Waals surface area (Å²) in [5, 5.41) is 27.4. The zero-order valence-corrected chi connectivity index (χ0v) is 19.8. The molecule has 180 valence electrons. The van der Waals surface area contributed by atoms with Gasteiger partial charge in [0.15, 0.2) is 17.4 Å². The van der Waals surface area contributed by atoms with E-state index in [2.05, 4.69) is 44.0 Å². The first-order chi connectivity index (χ1) is 17.0. The lowest BCUT2D eigenvalue weighted by atomic mass is 9.92. The lowest BCUT2D eigenvalue weighted by Crippen LogP contribution is -2.35. The zero-order valence-electron chi connectivity index (χ0n) is 19.8. The Labute approximate surface area is 203 Å². The molecule has 0 spiro atoms. The quantitative estimate of drug-likeness (QED) is 0.566. The number of anilines is 1. The van der Waals surface area contributed by atoms with Gasteiger partial charge in [0, 0.05) is 30.6 Å². The van der Waals surface area contributed by atoms with E-state index in [9.17, 15) is 10.5 Å². The van der Waals surface area contributed by atoms with Crippen molar-refractivity contribution >= 4 is 17.0 Å². The van der Waals surface area contributed by atoms with Crippen molar-refractivity contribution in [2.45, 2.75) is 63.1 Å². The predicted octanol–water partition coefficient (Wildman–Crippen LogP) is 2.99. The van der Waals surface area contributed by atoms with Crippen LogP contribution in [0.1, 0.15) is 62.9 Å². The maximum absolute atomic E-state index is 9.40. The number of nitriles is 2. The number of nitrogens with zero attached hydrogens (tertiary/aromatic N) is 8. The summed E-state index contributed by atoms with van der Waals surface area (Å²) >= 11 is 0. The monoisotopic (exact) mass is 473 g/mol. The molecule has 1 N–H and O–H groups in total. The highest BCUT2D eigenvalue weighted by Crippen LogP contribution is 2.33. The fourth-order valence-electron chi connectivity index (χ4n) is 4.74. The minimum absolute atomic E-state index is 0.0506. The smallest absolute Gasteiger partial charge is 0.321 e. The van der Waals surface area contributed by atoms with Crippen molar-refractivity contribution < 1.29 is 9.47 Å². The van der Waals surface area contributed by atoms with Gasteiger partial charge < -0.3 is 14.4 Å². The molecule has 5 heterocycles. The number of aromatic amines is 1. The second-order valence-electron chi connectivity index (χ2n) is 9.59. The van der Waals surface area contributed by atoms with E-state index >= 15 is 0 Å². The number of pyridine rings is 1. The fourth-order valence-corrected chi connectivity index (χ4v) is 4.74. The molecule has 0 aliphatic carbocycles. The third-order valence-corrected chi connectivity index (χ3v) is 6.62. The summed E-state index contributed by atoms with van der Waals surface area (Å²) in [7, 11) is 0. The molecular formula is C24H27N9O2. The molecule has 2 fully saturated rings. The van der Waals surface area contributed by atoms with Crippen LogP contribution >= 0.6 is 0 Å². The highest BCUT2D eigenvalue weighted by molar-refractivity contribution is 5.77. The average Bonchev–Trinajstić information content (AvgIpc) is 3.46. The molecule has 2 saturated heterocycles. The van der Waals surface area contributed by atoms with Crippen LogP contribution in [0, 0.1) is 22.7 Å². The van der Waals surface area contributed by atoms with Crippen LogP contribution in [0.25, 0.3) is 11.0 Å². The van der Waals surface area contributed by atoms with E-state index in [1.165, 1.54) is 0 Å². The van der Waals surface area contributed by atoms with E-state index < -0.39 is 5.92 Å². The molecule has 2 aliphatic rings. The van der Waals surface area contributed by atoms with Gasteiger partial charge >= 0.3 is 6.01 Å². The Morgan fingerprint density at radius 2 is 2.00 bits per heavy atom. The van der Waals surface area contributed by atoms with Crippen molar-refractivity contribution in [1.29, 1.82) is 10.5 Å². The van der Waals surface area contributed by atoms with Gasteiger partial charge in [0.25, 0.3) is 0 Å². The lowest BCUT2D eigenvalue weighted by Gasteiger charge is -2.31. The van der Waals surface area contributed by atoms with Crippen LogP contribution < -0.4 is 9.64 Å². The molecule has 5 rings (SSSR count). The normalized spacial score (nSPS) is 20.1. The number of ether oxygens (including phenoxy) is 2.